The average Bonchev–Trinajstić information content (AvgIpc) is 2.24. The highest BCUT2D eigenvalue weighted by molar-refractivity contribution is 6.00. The van der Waals surface area contributed by atoms with Gasteiger partial charge in [0.15, 0.2) is 11.6 Å². The predicted molar refractivity (Wildman–Crippen MR) is 63.4 cm³/mol. The molecular formula is C13H18FNO2. The monoisotopic (exact) mass is 239 g/mol. The molecule has 1 unspecified atom stereocenters. The summed E-state index contributed by atoms with van der Waals surface area (Å²) in [6.45, 7) is 7.91. The van der Waals surface area contributed by atoms with Crippen LogP contribution in [-0.2, 0) is 4.74 Å². The molecule has 0 saturated carbocycles. The fraction of sp³-hybridized carbons (Fsp3) is 0.538. The van der Waals surface area contributed by atoms with E-state index in [0.29, 0.717) is 6.61 Å². The molecule has 0 aliphatic carbocycles. The number of carbonyl (C=O) groups is 1. The lowest BCUT2D eigenvalue weighted by atomic mass is 9.84. The summed E-state index contributed by atoms with van der Waals surface area (Å²) in [6, 6.07) is 1.38. The third kappa shape index (κ3) is 3.33. The molecule has 1 heterocycles. The maximum Gasteiger partial charge on any atom is 0.195 e. The summed E-state index contributed by atoms with van der Waals surface area (Å²) in [4.78, 5) is 15.8. The van der Waals surface area contributed by atoms with Crippen LogP contribution in [0.2, 0.25) is 0 Å². The van der Waals surface area contributed by atoms with Gasteiger partial charge in [-0.2, -0.15) is 0 Å². The van der Waals surface area contributed by atoms with Crippen LogP contribution in [0.15, 0.2) is 18.5 Å². The second-order valence-corrected chi connectivity index (χ2v) is 4.92. The van der Waals surface area contributed by atoms with Gasteiger partial charge in [-0.15, -0.1) is 0 Å². The Balaban J connectivity index is 3.05. The summed E-state index contributed by atoms with van der Waals surface area (Å²) in [5.74, 6) is -0.939. The van der Waals surface area contributed by atoms with Crippen molar-refractivity contribution in [1.29, 1.82) is 0 Å². The Morgan fingerprint density at radius 2 is 2.18 bits per heavy atom. The van der Waals surface area contributed by atoms with E-state index in [-0.39, 0.29) is 16.8 Å². The summed E-state index contributed by atoms with van der Waals surface area (Å²) >= 11 is 0. The van der Waals surface area contributed by atoms with Crippen LogP contribution in [-0.4, -0.2) is 23.5 Å². The van der Waals surface area contributed by atoms with Crippen molar-refractivity contribution in [2.75, 3.05) is 6.61 Å². The number of pyridine rings is 1. The average molecular weight is 239 g/mol. The predicted octanol–water partition coefficient (Wildman–Crippen LogP) is 2.85. The lowest BCUT2D eigenvalue weighted by molar-refractivity contribution is -0.000492. The molecular weight excluding hydrogens is 221 g/mol. The molecule has 0 aromatic carbocycles. The van der Waals surface area contributed by atoms with Gasteiger partial charge in [0.25, 0.3) is 0 Å². The van der Waals surface area contributed by atoms with E-state index in [1.165, 1.54) is 12.3 Å². The van der Waals surface area contributed by atoms with E-state index in [4.69, 9.17) is 4.74 Å². The van der Waals surface area contributed by atoms with Crippen LogP contribution in [0.1, 0.15) is 38.1 Å². The van der Waals surface area contributed by atoms with E-state index in [2.05, 4.69) is 4.98 Å². The second kappa shape index (κ2) is 5.36. The first-order chi connectivity index (χ1) is 7.88. The van der Waals surface area contributed by atoms with Gasteiger partial charge in [0.2, 0.25) is 0 Å². The number of ketones is 1. The van der Waals surface area contributed by atoms with Crippen LogP contribution in [0, 0.1) is 11.2 Å². The molecule has 17 heavy (non-hydrogen) atoms. The van der Waals surface area contributed by atoms with E-state index in [0.717, 1.165) is 6.20 Å². The third-order valence-electron chi connectivity index (χ3n) is 2.40. The van der Waals surface area contributed by atoms with E-state index in [1.54, 1.807) is 0 Å². The van der Waals surface area contributed by atoms with Crippen molar-refractivity contribution >= 4 is 5.78 Å². The SMILES string of the molecule is CCOC(C(=O)c1ccncc1F)C(C)(C)C. The molecule has 1 atom stereocenters. The zero-order chi connectivity index (χ0) is 13.1. The molecule has 0 bridgehead atoms. The number of aromatic nitrogens is 1. The van der Waals surface area contributed by atoms with Crippen molar-refractivity contribution in [3.63, 3.8) is 0 Å². The Morgan fingerprint density at radius 1 is 1.53 bits per heavy atom. The largest absolute Gasteiger partial charge is 0.370 e. The van der Waals surface area contributed by atoms with Crippen molar-refractivity contribution in [2.45, 2.75) is 33.8 Å². The topological polar surface area (TPSA) is 39.2 Å². The van der Waals surface area contributed by atoms with E-state index < -0.39 is 11.9 Å². The van der Waals surface area contributed by atoms with E-state index in [1.807, 2.05) is 27.7 Å². The summed E-state index contributed by atoms with van der Waals surface area (Å²) in [5.41, 5.74) is -0.337. The number of carbonyl (C=O) groups excluding carboxylic acids is 1. The number of rotatable bonds is 4. The Morgan fingerprint density at radius 3 is 2.65 bits per heavy atom. The van der Waals surface area contributed by atoms with E-state index in [9.17, 15) is 9.18 Å². The number of Topliss-reactive ketones (excluding diaryl/α,β-unsaturated/α-hetero) is 1. The minimum atomic E-state index is -0.649. The van der Waals surface area contributed by atoms with Gasteiger partial charge in [0.1, 0.15) is 6.10 Å². The Bertz CT molecular complexity index is 399. The maximum atomic E-state index is 13.5. The molecule has 0 saturated heterocycles. The minimum absolute atomic E-state index is 0.0355. The molecule has 1 rings (SSSR count). The first-order valence-electron chi connectivity index (χ1n) is 5.63. The van der Waals surface area contributed by atoms with Crippen molar-refractivity contribution in [1.82, 2.24) is 4.98 Å². The summed E-state index contributed by atoms with van der Waals surface area (Å²) in [6.07, 6.45) is 1.80. The zero-order valence-electron chi connectivity index (χ0n) is 10.7. The summed E-state index contributed by atoms with van der Waals surface area (Å²) < 4.78 is 18.9. The molecule has 0 amide bonds. The molecule has 0 N–H and O–H groups in total. The molecule has 94 valence electrons. The number of nitrogens with zero attached hydrogens (tertiary/aromatic N) is 1. The molecule has 0 aliphatic heterocycles. The number of hydrogen-bond acceptors (Lipinski definition) is 3. The lowest BCUT2D eigenvalue weighted by Crippen LogP contribution is -2.37. The van der Waals surface area contributed by atoms with Gasteiger partial charge >= 0.3 is 0 Å². The fourth-order valence-electron chi connectivity index (χ4n) is 1.60. The quantitative estimate of drug-likeness (QED) is 0.758. The molecule has 4 heteroatoms. The molecule has 0 fully saturated rings. The fourth-order valence-corrected chi connectivity index (χ4v) is 1.60. The molecule has 3 nitrogen and oxygen atoms in total. The highest BCUT2D eigenvalue weighted by Crippen LogP contribution is 2.26. The molecule has 0 spiro atoms. The van der Waals surface area contributed by atoms with Crippen LogP contribution < -0.4 is 0 Å². The summed E-state index contributed by atoms with van der Waals surface area (Å²) in [5, 5.41) is 0. The Labute approximate surface area is 101 Å². The Hall–Kier alpha value is -1.29. The highest BCUT2D eigenvalue weighted by atomic mass is 19.1. The summed E-state index contributed by atoms with van der Waals surface area (Å²) in [7, 11) is 0. The van der Waals surface area contributed by atoms with Crippen LogP contribution in [0.5, 0.6) is 0 Å². The van der Waals surface area contributed by atoms with Crippen molar-refractivity contribution in [2.24, 2.45) is 5.41 Å². The Kier molecular flexibility index (Phi) is 4.34. The van der Waals surface area contributed by atoms with Crippen LogP contribution in [0.3, 0.4) is 0 Å². The van der Waals surface area contributed by atoms with Gasteiger partial charge in [-0.3, -0.25) is 9.78 Å². The number of hydrogen-bond donors (Lipinski definition) is 0. The standard InChI is InChI=1S/C13H18FNO2/c1-5-17-12(13(2,3)4)11(16)9-6-7-15-8-10(9)14/h6-8,12H,5H2,1-4H3. The molecule has 0 aliphatic rings. The van der Waals surface area contributed by atoms with Crippen LogP contribution >= 0.6 is 0 Å². The van der Waals surface area contributed by atoms with Gasteiger partial charge in [-0.05, 0) is 18.4 Å². The maximum absolute atomic E-state index is 13.5. The zero-order valence-corrected chi connectivity index (χ0v) is 10.7. The first kappa shape index (κ1) is 13.8. The third-order valence-corrected chi connectivity index (χ3v) is 2.40. The molecule has 1 aromatic rings. The first-order valence-corrected chi connectivity index (χ1v) is 5.63. The molecule has 0 radical (unpaired) electrons. The van der Waals surface area contributed by atoms with Crippen molar-refractivity contribution in [3.05, 3.63) is 29.8 Å². The van der Waals surface area contributed by atoms with Crippen molar-refractivity contribution in [3.8, 4) is 0 Å². The van der Waals surface area contributed by atoms with Gasteiger partial charge in [-0.25, -0.2) is 4.39 Å². The van der Waals surface area contributed by atoms with Gasteiger partial charge in [0.05, 0.1) is 11.8 Å². The lowest BCUT2D eigenvalue weighted by Gasteiger charge is -2.29. The highest BCUT2D eigenvalue weighted by Gasteiger charge is 2.33. The smallest absolute Gasteiger partial charge is 0.195 e. The van der Waals surface area contributed by atoms with Crippen LogP contribution in [0.4, 0.5) is 4.39 Å². The number of ether oxygens (including phenoxy) is 1. The van der Waals surface area contributed by atoms with Crippen molar-refractivity contribution < 1.29 is 13.9 Å². The normalized spacial score (nSPS) is 13.5. The van der Waals surface area contributed by atoms with Gasteiger partial charge in [0, 0.05) is 12.8 Å². The van der Waals surface area contributed by atoms with Gasteiger partial charge in [-0.1, -0.05) is 20.8 Å². The van der Waals surface area contributed by atoms with Crippen LogP contribution in [0.25, 0.3) is 0 Å². The second-order valence-electron chi connectivity index (χ2n) is 4.92. The van der Waals surface area contributed by atoms with Gasteiger partial charge < -0.3 is 4.74 Å². The number of halogens is 1. The minimum Gasteiger partial charge on any atom is -0.370 e. The molecule has 1 aromatic heterocycles. The van der Waals surface area contributed by atoms with E-state index >= 15 is 0 Å².